The summed E-state index contributed by atoms with van der Waals surface area (Å²) in [5, 5.41) is 0. The number of rotatable bonds is 5. The summed E-state index contributed by atoms with van der Waals surface area (Å²) in [4.78, 5) is 0. The van der Waals surface area contributed by atoms with Gasteiger partial charge in [-0.25, -0.2) is 4.39 Å². The number of methoxy groups -OCH3 is 2. The Hall–Kier alpha value is -2.07. The maximum Gasteiger partial charge on any atom is 0.168 e. The molecule has 0 saturated heterocycles. The van der Waals surface area contributed by atoms with Crippen molar-refractivity contribution in [3.05, 3.63) is 59.4 Å². The van der Waals surface area contributed by atoms with E-state index < -0.39 is 5.54 Å². The number of ether oxygens (including phenoxy) is 2. The van der Waals surface area contributed by atoms with Crippen LogP contribution in [0.3, 0.4) is 0 Å². The molecular formula is C17H20FNO2. The van der Waals surface area contributed by atoms with Crippen LogP contribution < -0.4 is 15.2 Å². The highest BCUT2D eigenvalue weighted by atomic mass is 19.1. The van der Waals surface area contributed by atoms with Crippen LogP contribution in [0.2, 0.25) is 0 Å². The molecule has 3 nitrogen and oxygen atoms in total. The Balaban J connectivity index is 2.37. The van der Waals surface area contributed by atoms with E-state index in [4.69, 9.17) is 15.2 Å². The van der Waals surface area contributed by atoms with Crippen LogP contribution in [0.4, 0.5) is 4.39 Å². The van der Waals surface area contributed by atoms with Crippen molar-refractivity contribution in [1.82, 2.24) is 0 Å². The van der Waals surface area contributed by atoms with E-state index in [1.165, 1.54) is 7.11 Å². The predicted molar refractivity (Wildman–Crippen MR) is 81.2 cm³/mol. The fourth-order valence-electron chi connectivity index (χ4n) is 2.46. The predicted octanol–water partition coefficient (Wildman–Crippen LogP) is 3.26. The van der Waals surface area contributed by atoms with Crippen molar-refractivity contribution < 1.29 is 13.9 Å². The molecule has 4 heteroatoms. The third-order valence-corrected chi connectivity index (χ3v) is 3.54. The van der Waals surface area contributed by atoms with Crippen molar-refractivity contribution in [1.29, 1.82) is 0 Å². The van der Waals surface area contributed by atoms with E-state index in [1.54, 1.807) is 25.3 Å². The third-order valence-electron chi connectivity index (χ3n) is 3.54. The van der Waals surface area contributed by atoms with Crippen molar-refractivity contribution >= 4 is 0 Å². The monoisotopic (exact) mass is 289 g/mol. The van der Waals surface area contributed by atoms with Crippen molar-refractivity contribution in [3.8, 4) is 11.5 Å². The molecule has 1 unspecified atom stereocenters. The first kappa shape index (κ1) is 15.3. The maximum atomic E-state index is 14.3. The second-order valence-electron chi connectivity index (χ2n) is 5.23. The molecule has 0 amide bonds. The SMILES string of the molecule is COc1ccccc1C(C)(N)Cc1cccc(OC)c1F. The first-order chi connectivity index (χ1) is 9.99. The smallest absolute Gasteiger partial charge is 0.168 e. The van der Waals surface area contributed by atoms with Gasteiger partial charge in [0.15, 0.2) is 11.6 Å². The van der Waals surface area contributed by atoms with Crippen molar-refractivity contribution in [3.63, 3.8) is 0 Å². The van der Waals surface area contributed by atoms with Gasteiger partial charge < -0.3 is 15.2 Å². The van der Waals surface area contributed by atoms with Gasteiger partial charge in [0.2, 0.25) is 0 Å². The van der Waals surface area contributed by atoms with Gasteiger partial charge in [0.05, 0.1) is 14.2 Å². The topological polar surface area (TPSA) is 44.5 Å². The van der Waals surface area contributed by atoms with Crippen LogP contribution in [0.1, 0.15) is 18.1 Å². The van der Waals surface area contributed by atoms with Crippen molar-refractivity contribution in [2.24, 2.45) is 5.73 Å². The van der Waals surface area contributed by atoms with Gasteiger partial charge in [0.1, 0.15) is 5.75 Å². The van der Waals surface area contributed by atoms with Gasteiger partial charge in [-0.1, -0.05) is 30.3 Å². The molecule has 0 bridgehead atoms. The lowest BCUT2D eigenvalue weighted by molar-refractivity contribution is 0.373. The molecule has 0 aliphatic carbocycles. The quantitative estimate of drug-likeness (QED) is 0.919. The number of nitrogens with two attached hydrogens (primary N) is 1. The van der Waals surface area contributed by atoms with E-state index in [0.29, 0.717) is 17.7 Å². The van der Waals surface area contributed by atoms with E-state index in [2.05, 4.69) is 0 Å². The first-order valence-electron chi connectivity index (χ1n) is 6.73. The van der Waals surface area contributed by atoms with Crippen LogP contribution in [0.15, 0.2) is 42.5 Å². The highest BCUT2D eigenvalue weighted by Crippen LogP contribution is 2.32. The molecular weight excluding hydrogens is 269 g/mol. The molecule has 2 aromatic carbocycles. The minimum absolute atomic E-state index is 0.225. The first-order valence-corrected chi connectivity index (χ1v) is 6.73. The highest BCUT2D eigenvalue weighted by Gasteiger charge is 2.27. The van der Waals surface area contributed by atoms with E-state index in [0.717, 1.165) is 5.56 Å². The molecule has 1 atom stereocenters. The molecule has 21 heavy (non-hydrogen) atoms. The molecule has 0 spiro atoms. The average molecular weight is 289 g/mol. The van der Waals surface area contributed by atoms with Crippen LogP contribution in [-0.2, 0) is 12.0 Å². The standard InChI is InChI=1S/C17H20FNO2/c1-17(19,13-8-4-5-9-14(13)20-2)11-12-7-6-10-15(21-3)16(12)18/h4-10H,11,19H2,1-3H3. The van der Waals surface area contributed by atoms with Crippen LogP contribution in [0.25, 0.3) is 0 Å². The Kier molecular flexibility index (Phi) is 4.48. The van der Waals surface area contributed by atoms with Gasteiger partial charge in [-0.2, -0.15) is 0 Å². The molecule has 0 aliphatic rings. The summed E-state index contributed by atoms with van der Waals surface area (Å²) in [5.74, 6) is 0.556. The fourth-order valence-corrected chi connectivity index (χ4v) is 2.46. The lowest BCUT2D eigenvalue weighted by atomic mass is 9.85. The molecule has 0 radical (unpaired) electrons. The van der Waals surface area contributed by atoms with E-state index in [1.807, 2.05) is 31.2 Å². The normalized spacial score (nSPS) is 13.6. The minimum Gasteiger partial charge on any atom is -0.496 e. The van der Waals surface area contributed by atoms with Gasteiger partial charge in [-0.3, -0.25) is 0 Å². The molecule has 0 heterocycles. The maximum absolute atomic E-state index is 14.3. The molecule has 2 rings (SSSR count). The summed E-state index contributed by atoms with van der Waals surface area (Å²) in [7, 11) is 3.05. The summed E-state index contributed by atoms with van der Waals surface area (Å²) in [6, 6.07) is 12.6. The Morgan fingerprint density at radius 3 is 2.29 bits per heavy atom. The number of hydrogen-bond acceptors (Lipinski definition) is 3. The molecule has 0 aromatic heterocycles. The number of benzene rings is 2. The van der Waals surface area contributed by atoms with Crippen molar-refractivity contribution in [2.45, 2.75) is 18.9 Å². The summed E-state index contributed by atoms with van der Waals surface area (Å²) >= 11 is 0. The summed E-state index contributed by atoms with van der Waals surface area (Å²) in [6.07, 6.45) is 0.344. The molecule has 2 N–H and O–H groups in total. The Morgan fingerprint density at radius 2 is 1.62 bits per heavy atom. The largest absolute Gasteiger partial charge is 0.496 e. The minimum atomic E-state index is -0.750. The molecule has 0 saturated carbocycles. The van der Waals surface area contributed by atoms with Gasteiger partial charge in [-0.15, -0.1) is 0 Å². The van der Waals surface area contributed by atoms with Crippen LogP contribution in [-0.4, -0.2) is 14.2 Å². The van der Waals surface area contributed by atoms with E-state index in [-0.39, 0.29) is 11.6 Å². The molecule has 2 aromatic rings. The fraction of sp³-hybridized carbons (Fsp3) is 0.294. The zero-order valence-corrected chi connectivity index (χ0v) is 12.5. The van der Waals surface area contributed by atoms with Crippen LogP contribution in [0, 0.1) is 5.82 Å². The lowest BCUT2D eigenvalue weighted by Gasteiger charge is -2.27. The Bertz CT molecular complexity index is 626. The zero-order chi connectivity index (χ0) is 15.5. The second-order valence-corrected chi connectivity index (χ2v) is 5.23. The summed E-state index contributed by atoms with van der Waals surface area (Å²) < 4.78 is 24.6. The number of hydrogen-bond donors (Lipinski definition) is 1. The number of para-hydroxylation sites is 1. The summed E-state index contributed by atoms with van der Waals surface area (Å²) in [5.41, 5.74) is 7.03. The Labute approximate surface area is 124 Å². The van der Waals surface area contributed by atoms with Crippen LogP contribution in [0.5, 0.6) is 11.5 Å². The van der Waals surface area contributed by atoms with Gasteiger partial charge in [0.25, 0.3) is 0 Å². The van der Waals surface area contributed by atoms with Crippen LogP contribution >= 0.6 is 0 Å². The van der Waals surface area contributed by atoms with Gasteiger partial charge in [-0.05, 0) is 31.0 Å². The zero-order valence-electron chi connectivity index (χ0n) is 12.5. The van der Waals surface area contributed by atoms with E-state index >= 15 is 0 Å². The van der Waals surface area contributed by atoms with Gasteiger partial charge in [0, 0.05) is 11.1 Å². The van der Waals surface area contributed by atoms with Crippen molar-refractivity contribution in [2.75, 3.05) is 14.2 Å². The highest BCUT2D eigenvalue weighted by molar-refractivity contribution is 5.41. The Morgan fingerprint density at radius 1 is 1.00 bits per heavy atom. The lowest BCUT2D eigenvalue weighted by Crippen LogP contribution is -2.36. The average Bonchev–Trinajstić information content (AvgIpc) is 2.49. The molecule has 112 valence electrons. The summed E-state index contributed by atoms with van der Waals surface area (Å²) in [6.45, 7) is 1.86. The molecule has 0 aliphatic heterocycles. The van der Waals surface area contributed by atoms with Gasteiger partial charge >= 0.3 is 0 Å². The third kappa shape index (κ3) is 3.16. The molecule has 0 fully saturated rings. The second kappa shape index (κ2) is 6.14. The number of halogens is 1. The van der Waals surface area contributed by atoms with E-state index in [9.17, 15) is 4.39 Å².